The predicted octanol–water partition coefficient (Wildman–Crippen LogP) is 4.75. The fraction of sp³-hybridized carbons (Fsp3) is 0.333. The molecule has 5 heteroatoms. The molecule has 0 radical (unpaired) electrons. The number of halogens is 2. The first-order chi connectivity index (χ1) is 9.56. The van der Waals surface area contributed by atoms with Gasteiger partial charge in [-0.2, -0.15) is 0 Å². The molecule has 0 atom stereocenters. The van der Waals surface area contributed by atoms with Crippen molar-refractivity contribution in [3.63, 3.8) is 0 Å². The Morgan fingerprint density at radius 2 is 1.90 bits per heavy atom. The van der Waals surface area contributed by atoms with E-state index in [1.54, 1.807) is 12.1 Å². The van der Waals surface area contributed by atoms with E-state index in [4.69, 9.17) is 23.2 Å². The van der Waals surface area contributed by atoms with Gasteiger partial charge >= 0.3 is 0 Å². The standard InChI is InChI=1S/C15H17Cl2N3/c1-4-13-19-14(9(3)15(20-13)18-5-2)11-8-10(16)6-7-12(11)17/h6-8H,4-5H2,1-3H3,(H,18,19,20). The van der Waals surface area contributed by atoms with Crippen LogP contribution in [-0.4, -0.2) is 16.5 Å². The highest BCUT2D eigenvalue weighted by molar-refractivity contribution is 6.35. The van der Waals surface area contributed by atoms with Crippen LogP contribution in [0.5, 0.6) is 0 Å². The highest BCUT2D eigenvalue weighted by Gasteiger charge is 2.14. The number of rotatable bonds is 4. The summed E-state index contributed by atoms with van der Waals surface area (Å²) in [5.41, 5.74) is 2.65. The van der Waals surface area contributed by atoms with E-state index in [1.807, 2.05) is 26.8 Å². The molecular weight excluding hydrogens is 293 g/mol. The van der Waals surface area contributed by atoms with Crippen LogP contribution in [0.4, 0.5) is 5.82 Å². The third-order valence-electron chi connectivity index (χ3n) is 3.04. The van der Waals surface area contributed by atoms with Crippen LogP contribution in [0.3, 0.4) is 0 Å². The summed E-state index contributed by atoms with van der Waals surface area (Å²) < 4.78 is 0. The lowest BCUT2D eigenvalue weighted by Gasteiger charge is -2.14. The molecule has 1 aromatic heterocycles. The Kier molecular flexibility index (Phi) is 4.84. The number of nitrogens with zero attached hydrogens (tertiary/aromatic N) is 2. The summed E-state index contributed by atoms with van der Waals surface area (Å²) in [7, 11) is 0. The molecule has 106 valence electrons. The van der Waals surface area contributed by atoms with Crippen molar-refractivity contribution in [2.75, 3.05) is 11.9 Å². The fourth-order valence-electron chi connectivity index (χ4n) is 2.00. The largest absolute Gasteiger partial charge is 0.370 e. The first-order valence-electron chi connectivity index (χ1n) is 6.63. The minimum absolute atomic E-state index is 0.640. The minimum Gasteiger partial charge on any atom is -0.370 e. The fourth-order valence-corrected chi connectivity index (χ4v) is 2.38. The minimum atomic E-state index is 0.640. The molecule has 3 nitrogen and oxygen atoms in total. The number of nitrogens with one attached hydrogen (secondary N) is 1. The molecule has 1 heterocycles. The van der Waals surface area contributed by atoms with E-state index in [1.165, 1.54) is 0 Å². The molecule has 0 aliphatic rings. The lowest BCUT2D eigenvalue weighted by atomic mass is 10.1. The molecule has 0 spiro atoms. The summed E-state index contributed by atoms with van der Waals surface area (Å²) in [6.07, 6.45) is 0.768. The molecule has 2 rings (SSSR count). The zero-order chi connectivity index (χ0) is 14.7. The number of aryl methyl sites for hydroxylation is 1. The summed E-state index contributed by atoms with van der Waals surface area (Å²) in [6.45, 7) is 6.87. The van der Waals surface area contributed by atoms with Gasteiger partial charge in [-0.05, 0) is 32.0 Å². The normalized spacial score (nSPS) is 10.7. The lowest BCUT2D eigenvalue weighted by molar-refractivity contribution is 0.930. The van der Waals surface area contributed by atoms with Crippen molar-refractivity contribution in [3.8, 4) is 11.3 Å². The van der Waals surface area contributed by atoms with Crippen molar-refractivity contribution in [2.45, 2.75) is 27.2 Å². The molecular formula is C15H17Cl2N3. The van der Waals surface area contributed by atoms with Crippen molar-refractivity contribution in [3.05, 3.63) is 39.6 Å². The molecule has 2 aromatic rings. The average molecular weight is 310 g/mol. The quantitative estimate of drug-likeness (QED) is 0.885. The van der Waals surface area contributed by atoms with Gasteiger partial charge in [-0.3, -0.25) is 0 Å². The van der Waals surface area contributed by atoms with Crippen molar-refractivity contribution in [1.29, 1.82) is 0 Å². The van der Waals surface area contributed by atoms with Gasteiger partial charge in [0.05, 0.1) is 10.7 Å². The highest BCUT2D eigenvalue weighted by Crippen LogP contribution is 2.33. The number of hydrogen-bond acceptors (Lipinski definition) is 3. The lowest BCUT2D eigenvalue weighted by Crippen LogP contribution is -2.07. The van der Waals surface area contributed by atoms with Crippen LogP contribution in [0.15, 0.2) is 18.2 Å². The number of benzene rings is 1. The van der Waals surface area contributed by atoms with E-state index in [2.05, 4.69) is 15.3 Å². The molecule has 20 heavy (non-hydrogen) atoms. The van der Waals surface area contributed by atoms with E-state index in [0.717, 1.165) is 41.4 Å². The van der Waals surface area contributed by atoms with E-state index in [9.17, 15) is 0 Å². The molecule has 0 saturated heterocycles. The second-order valence-corrected chi connectivity index (χ2v) is 5.31. The summed E-state index contributed by atoms with van der Waals surface area (Å²) in [6, 6.07) is 5.41. The first-order valence-corrected chi connectivity index (χ1v) is 7.39. The second kappa shape index (κ2) is 6.42. The van der Waals surface area contributed by atoms with Gasteiger partial charge in [0.1, 0.15) is 11.6 Å². The third kappa shape index (κ3) is 3.05. The maximum atomic E-state index is 6.29. The van der Waals surface area contributed by atoms with Crippen LogP contribution >= 0.6 is 23.2 Å². The third-order valence-corrected chi connectivity index (χ3v) is 3.60. The summed E-state index contributed by atoms with van der Waals surface area (Å²) >= 11 is 12.4. The first kappa shape index (κ1) is 15.1. The van der Waals surface area contributed by atoms with Crippen LogP contribution in [0.1, 0.15) is 25.2 Å². The molecule has 0 amide bonds. The van der Waals surface area contributed by atoms with Gasteiger partial charge in [0.25, 0.3) is 0 Å². The average Bonchev–Trinajstić information content (AvgIpc) is 2.44. The van der Waals surface area contributed by atoms with Gasteiger partial charge in [0.15, 0.2) is 0 Å². The highest BCUT2D eigenvalue weighted by atomic mass is 35.5. The zero-order valence-corrected chi connectivity index (χ0v) is 13.3. The van der Waals surface area contributed by atoms with E-state index in [0.29, 0.717) is 10.0 Å². The van der Waals surface area contributed by atoms with Crippen molar-refractivity contribution in [1.82, 2.24) is 9.97 Å². The van der Waals surface area contributed by atoms with Crippen LogP contribution in [0.25, 0.3) is 11.3 Å². The summed E-state index contributed by atoms with van der Waals surface area (Å²) in [5.74, 6) is 1.64. The monoisotopic (exact) mass is 309 g/mol. The smallest absolute Gasteiger partial charge is 0.133 e. The van der Waals surface area contributed by atoms with Gasteiger partial charge in [0, 0.05) is 29.1 Å². The maximum Gasteiger partial charge on any atom is 0.133 e. The molecule has 0 fully saturated rings. The van der Waals surface area contributed by atoms with E-state index >= 15 is 0 Å². The van der Waals surface area contributed by atoms with Crippen LogP contribution < -0.4 is 5.32 Å². The topological polar surface area (TPSA) is 37.8 Å². The zero-order valence-electron chi connectivity index (χ0n) is 11.8. The van der Waals surface area contributed by atoms with Crippen molar-refractivity contribution >= 4 is 29.0 Å². The van der Waals surface area contributed by atoms with Crippen molar-refractivity contribution < 1.29 is 0 Å². The Balaban J connectivity index is 2.65. The molecule has 0 aliphatic heterocycles. The van der Waals surface area contributed by atoms with Crippen LogP contribution in [-0.2, 0) is 6.42 Å². The number of hydrogen-bond donors (Lipinski definition) is 1. The Morgan fingerprint density at radius 3 is 2.55 bits per heavy atom. The second-order valence-electron chi connectivity index (χ2n) is 4.47. The Morgan fingerprint density at radius 1 is 1.15 bits per heavy atom. The number of anilines is 1. The molecule has 1 aromatic carbocycles. The van der Waals surface area contributed by atoms with Crippen molar-refractivity contribution in [2.24, 2.45) is 0 Å². The van der Waals surface area contributed by atoms with E-state index in [-0.39, 0.29) is 0 Å². The summed E-state index contributed by atoms with van der Waals surface area (Å²) in [5, 5.41) is 4.55. The van der Waals surface area contributed by atoms with Gasteiger partial charge < -0.3 is 5.32 Å². The molecule has 0 unspecified atom stereocenters. The van der Waals surface area contributed by atoms with Crippen LogP contribution in [0, 0.1) is 6.92 Å². The summed E-state index contributed by atoms with van der Waals surface area (Å²) in [4.78, 5) is 9.13. The van der Waals surface area contributed by atoms with Gasteiger partial charge in [-0.15, -0.1) is 0 Å². The maximum absolute atomic E-state index is 6.29. The molecule has 0 bridgehead atoms. The predicted molar refractivity (Wildman–Crippen MR) is 85.8 cm³/mol. The van der Waals surface area contributed by atoms with E-state index < -0.39 is 0 Å². The molecule has 1 N–H and O–H groups in total. The SMILES string of the molecule is CCNc1nc(CC)nc(-c2cc(Cl)ccc2Cl)c1C. The Bertz CT molecular complexity index is 627. The number of aromatic nitrogens is 2. The van der Waals surface area contributed by atoms with Gasteiger partial charge in [0.2, 0.25) is 0 Å². The Labute approximate surface area is 129 Å². The van der Waals surface area contributed by atoms with Crippen LogP contribution in [0.2, 0.25) is 10.0 Å². The van der Waals surface area contributed by atoms with Gasteiger partial charge in [-0.25, -0.2) is 9.97 Å². The Hall–Kier alpha value is -1.32. The van der Waals surface area contributed by atoms with Gasteiger partial charge in [-0.1, -0.05) is 30.1 Å². The molecule has 0 saturated carbocycles. The molecule has 0 aliphatic carbocycles.